The van der Waals surface area contributed by atoms with Crippen LogP contribution in [-0.2, 0) is 0 Å². The first kappa shape index (κ1) is 14.2. The Morgan fingerprint density at radius 1 is 1.10 bits per heavy atom. The van der Waals surface area contributed by atoms with Crippen LogP contribution in [0.2, 0.25) is 0 Å². The minimum absolute atomic E-state index is 0.0174. The summed E-state index contributed by atoms with van der Waals surface area (Å²) < 4.78 is 26.5. The van der Waals surface area contributed by atoms with E-state index in [1.165, 1.54) is 24.3 Å². The van der Waals surface area contributed by atoms with E-state index in [9.17, 15) is 13.6 Å². The van der Waals surface area contributed by atoms with Crippen molar-refractivity contribution >= 4 is 24.2 Å². The predicted molar refractivity (Wildman–Crippen MR) is 70.6 cm³/mol. The van der Waals surface area contributed by atoms with Gasteiger partial charge in [-0.2, -0.15) is 0 Å². The molecule has 0 saturated heterocycles. The van der Waals surface area contributed by atoms with E-state index in [-0.39, 0.29) is 16.7 Å². The molecular weight excluding hydrogens is 267 g/mol. The average Bonchev–Trinajstić information content (AvgIpc) is 2.38. The zero-order valence-corrected chi connectivity index (χ0v) is 10.2. The summed E-state index contributed by atoms with van der Waals surface area (Å²) in [7, 11) is -1.95. The normalized spacial score (nSPS) is 10.2. The first-order chi connectivity index (χ1) is 9.47. The van der Waals surface area contributed by atoms with Gasteiger partial charge < -0.3 is 15.4 Å². The van der Waals surface area contributed by atoms with Gasteiger partial charge in [0.2, 0.25) is 0 Å². The SMILES string of the molecule is O=C(Nc1cccc(F)c1)c1ccc(B(O)O)c(F)c1. The van der Waals surface area contributed by atoms with Crippen LogP contribution in [0.4, 0.5) is 14.5 Å². The van der Waals surface area contributed by atoms with E-state index in [0.717, 1.165) is 18.2 Å². The Balaban J connectivity index is 2.19. The summed E-state index contributed by atoms with van der Waals surface area (Å²) in [5.41, 5.74) is -0.106. The highest BCUT2D eigenvalue weighted by Gasteiger charge is 2.18. The van der Waals surface area contributed by atoms with Gasteiger partial charge in [0, 0.05) is 16.7 Å². The quantitative estimate of drug-likeness (QED) is 0.730. The molecule has 0 bridgehead atoms. The van der Waals surface area contributed by atoms with Crippen LogP contribution in [0.5, 0.6) is 0 Å². The lowest BCUT2D eigenvalue weighted by molar-refractivity contribution is 0.102. The molecular formula is C13H10BF2NO3. The molecule has 0 aliphatic heterocycles. The van der Waals surface area contributed by atoms with E-state index in [2.05, 4.69) is 5.32 Å². The molecule has 0 radical (unpaired) electrons. The highest BCUT2D eigenvalue weighted by Crippen LogP contribution is 2.11. The van der Waals surface area contributed by atoms with Crippen LogP contribution < -0.4 is 10.8 Å². The number of hydrogen-bond acceptors (Lipinski definition) is 3. The van der Waals surface area contributed by atoms with E-state index >= 15 is 0 Å². The molecule has 7 heteroatoms. The minimum Gasteiger partial charge on any atom is -0.423 e. The maximum Gasteiger partial charge on any atom is 0.491 e. The van der Waals surface area contributed by atoms with Crippen molar-refractivity contribution in [1.82, 2.24) is 0 Å². The Labute approximate surface area is 113 Å². The van der Waals surface area contributed by atoms with Crippen LogP contribution in [0, 0.1) is 11.6 Å². The average molecular weight is 277 g/mol. The number of halogens is 2. The molecule has 2 aromatic carbocycles. The Morgan fingerprint density at radius 3 is 2.45 bits per heavy atom. The van der Waals surface area contributed by atoms with Crippen molar-refractivity contribution in [3.8, 4) is 0 Å². The third-order valence-electron chi connectivity index (χ3n) is 2.62. The van der Waals surface area contributed by atoms with Crippen molar-refractivity contribution in [2.75, 3.05) is 5.32 Å². The van der Waals surface area contributed by atoms with Crippen LogP contribution in [0.1, 0.15) is 10.4 Å². The lowest BCUT2D eigenvalue weighted by atomic mass is 9.79. The van der Waals surface area contributed by atoms with Crippen LogP contribution in [0.15, 0.2) is 42.5 Å². The molecule has 20 heavy (non-hydrogen) atoms. The maximum absolute atomic E-state index is 13.5. The van der Waals surface area contributed by atoms with Gasteiger partial charge in [0.05, 0.1) is 0 Å². The van der Waals surface area contributed by atoms with Crippen molar-refractivity contribution in [3.63, 3.8) is 0 Å². The van der Waals surface area contributed by atoms with Crippen molar-refractivity contribution in [2.45, 2.75) is 0 Å². The molecule has 2 aromatic rings. The summed E-state index contributed by atoms with van der Waals surface area (Å²) in [5, 5.41) is 20.2. The maximum atomic E-state index is 13.5. The third kappa shape index (κ3) is 3.20. The van der Waals surface area contributed by atoms with Crippen molar-refractivity contribution < 1.29 is 23.6 Å². The molecule has 0 fully saturated rings. The second-order valence-electron chi connectivity index (χ2n) is 4.07. The monoisotopic (exact) mass is 277 g/mol. The summed E-state index contributed by atoms with van der Waals surface area (Å²) >= 11 is 0. The number of carbonyl (C=O) groups is 1. The summed E-state index contributed by atoms with van der Waals surface area (Å²) in [6.07, 6.45) is 0. The number of benzene rings is 2. The van der Waals surface area contributed by atoms with Gasteiger partial charge in [-0.05, 0) is 30.3 Å². The fourth-order valence-corrected chi connectivity index (χ4v) is 1.65. The van der Waals surface area contributed by atoms with Crippen molar-refractivity contribution in [2.24, 2.45) is 0 Å². The molecule has 4 nitrogen and oxygen atoms in total. The van der Waals surface area contributed by atoms with E-state index in [1.807, 2.05) is 0 Å². The molecule has 1 amide bonds. The van der Waals surface area contributed by atoms with Gasteiger partial charge in [-0.3, -0.25) is 4.79 Å². The fraction of sp³-hybridized carbons (Fsp3) is 0. The van der Waals surface area contributed by atoms with Gasteiger partial charge in [0.25, 0.3) is 5.91 Å². The molecule has 0 aliphatic rings. The summed E-state index contributed by atoms with van der Waals surface area (Å²) in [6, 6.07) is 8.49. The number of carbonyl (C=O) groups excluding carboxylic acids is 1. The Morgan fingerprint density at radius 2 is 1.85 bits per heavy atom. The van der Waals surface area contributed by atoms with Gasteiger partial charge in [-0.1, -0.05) is 12.1 Å². The number of nitrogens with one attached hydrogen (secondary N) is 1. The van der Waals surface area contributed by atoms with Gasteiger partial charge in [0.15, 0.2) is 0 Å². The summed E-state index contributed by atoms with van der Waals surface area (Å²) in [5.74, 6) is -2.05. The van der Waals surface area contributed by atoms with Crippen LogP contribution in [0.3, 0.4) is 0 Å². The van der Waals surface area contributed by atoms with Crippen LogP contribution >= 0.6 is 0 Å². The number of anilines is 1. The largest absolute Gasteiger partial charge is 0.491 e. The molecule has 0 heterocycles. The molecule has 2 rings (SSSR count). The summed E-state index contributed by atoms with van der Waals surface area (Å²) in [6.45, 7) is 0. The van der Waals surface area contributed by atoms with E-state index in [1.54, 1.807) is 0 Å². The zero-order chi connectivity index (χ0) is 14.7. The predicted octanol–water partition coefficient (Wildman–Crippen LogP) is 0.897. The van der Waals surface area contributed by atoms with Crippen molar-refractivity contribution in [3.05, 3.63) is 59.7 Å². The fourth-order valence-electron chi connectivity index (χ4n) is 1.65. The topological polar surface area (TPSA) is 69.6 Å². The van der Waals surface area contributed by atoms with Crippen LogP contribution in [0.25, 0.3) is 0 Å². The smallest absolute Gasteiger partial charge is 0.423 e. The van der Waals surface area contributed by atoms with Gasteiger partial charge in [-0.15, -0.1) is 0 Å². The van der Waals surface area contributed by atoms with Gasteiger partial charge >= 0.3 is 7.12 Å². The Bertz CT molecular complexity index is 649. The summed E-state index contributed by atoms with van der Waals surface area (Å²) in [4.78, 5) is 11.8. The number of hydrogen-bond donors (Lipinski definition) is 3. The van der Waals surface area contributed by atoms with E-state index in [4.69, 9.17) is 10.0 Å². The van der Waals surface area contributed by atoms with Gasteiger partial charge in [-0.25, -0.2) is 8.78 Å². The number of rotatable bonds is 3. The van der Waals surface area contributed by atoms with Crippen LogP contribution in [-0.4, -0.2) is 23.1 Å². The standard InChI is InChI=1S/C13H10BF2NO3/c15-9-2-1-3-10(7-9)17-13(18)8-4-5-11(14(19)20)12(16)6-8/h1-7,19-20H,(H,17,18). The molecule has 0 spiro atoms. The molecule has 3 N–H and O–H groups in total. The molecule has 0 saturated carbocycles. The van der Waals surface area contributed by atoms with E-state index < -0.39 is 24.7 Å². The van der Waals surface area contributed by atoms with Crippen molar-refractivity contribution in [1.29, 1.82) is 0 Å². The highest BCUT2D eigenvalue weighted by atomic mass is 19.1. The first-order valence-electron chi connectivity index (χ1n) is 5.70. The molecule has 102 valence electrons. The molecule has 0 unspecified atom stereocenters. The first-order valence-corrected chi connectivity index (χ1v) is 5.70. The lowest BCUT2D eigenvalue weighted by Gasteiger charge is -2.07. The molecule has 0 aliphatic carbocycles. The highest BCUT2D eigenvalue weighted by molar-refractivity contribution is 6.58. The van der Waals surface area contributed by atoms with Gasteiger partial charge in [0.1, 0.15) is 11.6 Å². The molecule has 0 aromatic heterocycles. The minimum atomic E-state index is -1.95. The van der Waals surface area contributed by atoms with E-state index in [0.29, 0.717) is 0 Å². The Hall–Kier alpha value is -2.25. The zero-order valence-electron chi connectivity index (χ0n) is 10.2. The second-order valence-corrected chi connectivity index (χ2v) is 4.07. The number of amides is 1. The lowest BCUT2D eigenvalue weighted by Crippen LogP contribution is -2.33. The third-order valence-corrected chi connectivity index (χ3v) is 2.62. The Kier molecular flexibility index (Phi) is 4.12. The second kappa shape index (κ2) is 5.81. The molecule has 0 atom stereocenters.